The summed E-state index contributed by atoms with van der Waals surface area (Å²) in [6.45, 7) is 5.12. The molecule has 146 valence electrons. The fraction of sp³-hybridized carbons (Fsp3) is 0.316. The van der Waals surface area contributed by atoms with Gasteiger partial charge >= 0.3 is 0 Å². The van der Waals surface area contributed by atoms with E-state index in [9.17, 15) is 17.6 Å². The van der Waals surface area contributed by atoms with E-state index in [2.05, 4.69) is 4.72 Å². The summed E-state index contributed by atoms with van der Waals surface area (Å²) in [5.74, 6) is -0.718. The van der Waals surface area contributed by atoms with Crippen molar-refractivity contribution in [2.24, 2.45) is 0 Å². The van der Waals surface area contributed by atoms with Gasteiger partial charge in [0.05, 0.1) is 5.02 Å². The number of hydrogen-bond acceptors (Lipinski definition) is 3. The molecule has 0 saturated carbocycles. The minimum absolute atomic E-state index is 0.00121. The first-order valence-electron chi connectivity index (χ1n) is 8.65. The maximum Gasteiger partial charge on any atom is 0.263 e. The molecule has 0 atom stereocenters. The van der Waals surface area contributed by atoms with Crippen molar-refractivity contribution in [3.05, 3.63) is 58.9 Å². The Labute approximate surface area is 164 Å². The second kappa shape index (κ2) is 9.19. The summed E-state index contributed by atoms with van der Waals surface area (Å²) in [7, 11) is -4.04. The Bertz CT molecular complexity index is 896. The summed E-state index contributed by atoms with van der Waals surface area (Å²) in [6, 6.07) is 9.08. The number of amides is 1. The first-order chi connectivity index (χ1) is 12.8. The third-order valence-electron chi connectivity index (χ3n) is 3.84. The maximum atomic E-state index is 13.0. The second-order valence-electron chi connectivity index (χ2n) is 6.05. The first-order valence-corrected chi connectivity index (χ1v) is 10.5. The molecule has 1 amide bonds. The van der Waals surface area contributed by atoms with E-state index in [4.69, 9.17) is 11.6 Å². The lowest BCUT2D eigenvalue weighted by molar-refractivity contribution is 0.0755. The molecule has 0 aromatic heterocycles. The Balaban J connectivity index is 2.35. The van der Waals surface area contributed by atoms with E-state index in [1.807, 2.05) is 13.8 Å². The van der Waals surface area contributed by atoms with E-state index >= 15 is 0 Å². The van der Waals surface area contributed by atoms with Gasteiger partial charge in [0.15, 0.2) is 0 Å². The van der Waals surface area contributed by atoms with Crippen LogP contribution in [0.5, 0.6) is 0 Å². The molecule has 0 radical (unpaired) electrons. The lowest BCUT2D eigenvalue weighted by Crippen LogP contribution is -2.32. The van der Waals surface area contributed by atoms with Crippen LogP contribution in [0.4, 0.5) is 10.1 Å². The number of halogens is 2. The largest absolute Gasteiger partial charge is 0.339 e. The minimum Gasteiger partial charge on any atom is -0.339 e. The molecule has 0 heterocycles. The zero-order chi connectivity index (χ0) is 20.0. The maximum absolute atomic E-state index is 13.0. The summed E-state index contributed by atoms with van der Waals surface area (Å²) in [5.41, 5.74) is 0.448. The van der Waals surface area contributed by atoms with Gasteiger partial charge in [0.2, 0.25) is 0 Å². The van der Waals surface area contributed by atoms with Gasteiger partial charge in [-0.05, 0) is 55.3 Å². The molecule has 0 spiro atoms. The molecule has 0 aliphatic carbocycles. The van der Waals surface area contributed by atoms with E-state index in [0.29, 0.717) is 13.1 Å². The van der Waals surface area contributed by atoms with Crippen LogP contribution in [0, 0.1) is 5.82 Å². The van der Waals surface area contributed by atoms with Gasteiger partial charge in [0, 0.05) is 24.3 Å². The normalized spacial score (nSPS) is 11.3. The van der Waals surface area contributed by atoms with E-state index in [1.165, 1.54) is 30.3 Å². The standard InChI is InChI=1S/C19H22ClFN2O3S/c1-3-11-23(12-4-2)19(24)14-5-10-17(20)18(13-14)27(25,26)22-16-8-6-15(21)7-9-16/h5-10,13,22H,3-4,11-12H2,1-2H3. The lowest BCUT2D eigenvalue weighted by atomic mass is 10.2. The molecule has 2 rings (SSSR count). The van der Waals surface area contributed by atoms with Crippen LogP contribution in [0.2, 0.25) is 5.02 Å². The van der Waals surface area contributed by atoms with Crippen molar-refractivity contribution in [1.29, 1.82) is 0 Å². The highest BCUT2D eigenvalue weighted by molar-refractivity contribution is 7.92. The molecular weight excluding hydrogens is 391 g/mol. The number of carbonyl (C=O) groups excluding carboxylic acids is 1. The number of carbonyl (C=O) groups is 1. The summed E-state index contributed by atoms with van der Waals surface area (Å²) >= 11 is 6.07. The Morgan fingerprint density at radius 3 is 2.22 bits per heavy atom. The average molecular weight is 413 g/mol. The number of nitrogens with one attached hydrogen (secondary N) is 1. The monoisotopic (exact) mass is 412 g/mol. The summed E-state index contributed by atoms with van der Waals surface area (Å²) < 4.78 is 40.7. The molecule has 1 N–H and O–H groups in total. The van der Waals surface area contributed by atoms with Crippen molar-refractivity contribution in [2.45, 2.75) is 31.6 Å². The number of sulfonamides is 1. The molecule has 8 heteroatoms. The molecule has 0 aliphatic rings. The van der Waals surface area contributed by atoms with Crippen LogP contribution in [-0.2, 0) is 10.0 Å². The van der Waals surface area contributed by atoms with Gasteiger partial charge in [-0.25, -0.2) is 12.8 Å². The fourth-order valence-electron chi connectivity index (χ4n) is 2.61. The minimum atomic E-state index is -4.04. The SMILES string of the molecule is CCCN(CCC)C(=O)c1ccc(Cl)c(S(=O)(=O)Nc2ccc(F)cc2)c1. The van der Waals surface area contributed by atoms with Crippen molar-refractivity contribution in [1.82, 2.24) is 4.90 Å². The van der Waals surface area contributed by atoms with Gasteiger partial charge in [-0.1, -0.05) is 25.4 Å². The van der Waals surface area contributed by atoms with E-state index in [0.717, 1.165) is 25.0 Å². The van der Waals surface area contributed by atoms with Gasteiger partial charge < -0.3 is 4.90 Å². The molecule has 5 nitrogen and oxygen atoms in total. The van der Waals surface area contributed by atoms with Crippen LogP contribution >= 0.6 is 11.6 Å². The fourth-order valence-corrected chi connectivity index (χ4v) is 4.19. The van der Waals surface area contributed by atoms with Gasteiger partial charge in [-0.15, -0.1) is 0 Å². The highest BCUT2D eigenvalue weighted by Gasteiger charge is 2.22. The Morgan fingerprint density at radius 1 is 1.07 bits per heavy atom. The number of benzene rings is 2. The molecule has 27 heavy (non-hydrogen) atoms. The van der Waals surface area contributed by atoms with E-state index in [-0.39, 0.29) is 27.1 Å². The van der Waals surface area contributed by atoms with Crippen LogP contribution in [0.1, 0.15) is 37.0 Å². The second-order valence-corrected chi connectivity index (χ2v) is 8.11. The molecule has 0 aliphatic heterocycles. The third kappa shape index (κ3) is 5.43. The molecule has 2 aromatic rings. The van der Waals surface area contributed by atoms with Crippen molar-refractivity contribution in [3.8, 4) is 0 Å². The summed E-state index contributed by atoms with van der Waals surface area (Å²) in [5, 5.41) is -0.00121. The lowest BCUT2D eigenvalue weighted by Gasteiger charge is -2.22. The van der Waals surface area contributed by atoms with Crippen molar-refractivity contribution in [2.75, 3.05) is 17.8 Å². The number of nitrogens with zero attached hydrogens (tertiary/aromatic N) is 1. The average Bonchev–Trinajstić information content (AvgIpc) is 2.63. The topological polar surface area (TPSA) is 66.5 Å². The zero-order valence-electron chi connectivity index (χ0n) is 15.2. The van der Waals surface area contributed by atoms with Gasteiger partial charge in [0.25, 0.3) is 15.9 Å². The zero-order valence-corrected chi connectivity index (χ0v) is 16.8. The van der Waals surface area contributed by atoms with Gasteiger partial charge in [0.1, 0.15) is 10.7 Å². The Morgan fingerprint density at radius 2 is 1.67 bits per heavy atom. The predicted octanol–water partition coefficient (Wildman–Crippen LogP) is 4.54. The van der Waals surface area contributed by atoms with Crippen LogP contribution in [0.15, 0.2) is 47.4 Å². The molecule has 0 unspecified atom stereocenters. The van der Waals surface area contributed by atoms with E-state index in [1.54, 1.807) is 4.90 Å². The Hall–Kier alpha value is -2.12. The van der Waals surface area contributed by atoms with Gasteiger partial charge in [-0.3, -0.25) is 9.52 Å². The van der Waals surface area contributed by atoms with E-state index < -0.39 is 15.8 Å². The van der Waals surface area contributed by atoms with Crippen molar-refractivity contribution < 1.29 is 17.6 Å². The number of hydrogen-bond donors (Lipinski definition) is 1. The van der Waals surface area contributed by atoms with Crippen LogP contribution in [0.3, 0.4) is 0 Å². The molecule has 0 fully saturated rings. The summed E-state index contributed by atoms with van der Waals surface area (Å²) in [4.78, 5) is 14.2. The molecule has 0 bridgehead atoms. The quantitative estimate of drug-likeness (QED) is 0.692. The molecule has 0 saturated heterocycles. The third-order valence-corrected chi connectivity index (χ3v) is 5.70. The van der Waals surface area contributed by atoms with Crippen molar-refractivity contribution >= 4 is 33.2 Å². The van der Waals surface area contributed by atoms with Crippen LogP contribution in [-0.4, -0.2) is 32.3 Å². The number of rotatable bonds is 8. The predicted molar refractivity (Wildman–Crippen MR) is 105 cm³/mol. The van der Waals surface area contributed by atoms with Crippen LogP contribution in [0.25, 0.3) is 0 Å². The highest BCUT2D eigenvalue weighted by atomic mass is 35.5. The van der Waals surface area contributed by atoms with Crippen molar-refractivity contribution in [3.63, 3.8) is 0 Å². The Kier molecular flexibility index (Phi) is 7.21. The smallest absolute Gasteiger partial charge is 0.263 e. The summed E-state index contributed by atoms with van der Waals surface area (Å²) in [6.07, 6.45) is 1.60. The highest BCUT2D eigenvalue weighted by Crippen LogP contribution is 2.26. The van der Waals surface area contributed by atoms with Crippen LogP contribution < -0.4 is 4.72 Å². The molecule has 2 aromatic carbocycles. The first kappa shape index (κ1) is 21.2. The van der Waals surface area contributed by atoms with Gasteiger partial charge in [-0.2, -0.15) is 0 Å². The molecular formula is C19H22ClFN2O3S. The number of anilines is 1.